The van der Waals surface area contributed by atoms with E-state index in [0.717, 1.165) is 19.4 Å². The Morgan fingerprint density at radius 3 is 2.75 bits per heavy atom. The summed E-state index contributed by atoms with van der Waals surface area (Å²) < 4.78 is 2.07. The Bertz CT molecular complexity index is 703. The maximum absolute atomic E-state index is 11.6. The summed E-state index contributed by atoms with van der Waals surface area (Å²) >= 11 is 0. The van der Waals surface area contributed by atoms with Gasteiger partial charge in [0.1, 0.15) is 0 Å². The number of carbonyl (C=O) groups excluding carboxylic acids is 1. The first-order valence-corrected chi connectivity index (χ1v) is 8.71. The molecule has 2 N–H and O–H groups in total. The van der Waals surface area contributed by atoms with Crippen LogP contribution in [0.2, 0.25) is 0 Å². The molecule has 0 spiro atoms. The predicted molar refractivity (Wildman–Crippen MR) is 95.0 cm³/mol. The number of aryl methyl sites for hydroxylation is 1. The standard InChI is InChI=1S/C19H26N4O/c1-13(2)23-12-16-5-4-6-17(18(16)22-23)21-11-14-7-9-15(10-8-14)19(24)20-3/h7-10,12-13,17,21H,4-6,11H2,1-3H3,(H,20,24)/t17-/m1/s1. The van der Waals surface area contributed by atoms with Crippen molar-refractivity contribution in [2.45, 2.75) is 51.7 Å². The van der Waals surface area contributed by atoms with Gasteiger partial charge in [0.15, 0.2) is 0 Å². The maximum atomic E-state index is 11.6. The molecule has 0 saturated heterocycles. The third-order valence-electron chi connectivity index (χ3n) is 4.63. The lowest BCUT2D eigenvalue weighted by molar-refractivity contribution is 0.0963. The van der Waals surface area contributed by atoms with Gasteiger partial charge in [-0.05, 0) is 56.4 Å². The molecule has 0 fully saturated rings. The van der Waals surface area contributed by atoms with Crippen LogP contribution in [-0.4, -0.2) is 22.7 Å². The molecule has 1 amide bonds. The second kappa shape index (κ2) is 7.18. The zero-order chi connectivity index (χ0) is 17.1. The normalized spacial score (nSPS) is 16.9. The molecule has 24 heavy (non-hydrogen) atoms. The monoisotopic (exact) mass is 326 g/mol. The highest BCUT2D eigenvalue weighted by Gasteiger charge is 2.24. The van der Waals surface area contributed by atoms with Crippen molar-refractivity contribution >= 4 is 5.91 Å². The first-order valence-electron chi connectivity index (χ1n) is 8.71. The number of nitrogens with one attached hydrogen (secondary N) is 2. The summed E-state index contributed by atoms with van der Waals surface area (Å²) in [5.74, 6) is -0.0503. The smallest absolute Gasteiger partial charge is 0.251 e. The number of amides is 1. The van der Waals surface area contributed by atoms with E-state index in [4.69, 9.17) is 5.10 Å². The summed E-state index contributed by atoms with van der Waals surface area (Å²) in [7, 11) is 1.65. The Labute approximate surface area is 143 Å². The molecule has 5 nitrogen and oxygen atoms in total. The third kappa shape index (κ3) is 3.51. The van der Waals surface area contributed by atoms with Crippen molar-refractivity contribution in [1.29, 1.82) is 0 Å². The highest BCUT2D eigenvalue weighted by Crippen LogP contribution is 2.29. The summed E-state index contributed by atoms with van der Waals surface area (Å²) in [4.78, 5) is 11.6. The molecule has 1 aromatic heterocycles. The van der Waals surface area contributed by atoms with Gasteiger partial charge in [-0.2, -0.15) is 5.10 Å². The molecule has 0 saturated carbocycles. The van der Waals surface area contributed by atoms with E-state index in [1.54, 1.807) is 7.05 Å². The zero-order valence-corrected chi connectivity index (χ0v) is 14.7. The first kappa shape index (κ1) is 16.7. The number of hydrogen-bond donors (Lipinski definition) is 2. The van der Waals surface area contributed by atoms with Crippen molar-refractivity contribution in [2.24, 2.45) is 0 Å². The fraction of sp³-hybridized carbons (Fsp3) is 0.474. The van der Waals surface area contributed by atoms with Gasteiger partial charge in [0.2, 0.25) is 0 Å². The van der Waals surface area contributed by atoms with E-state index in [1.165, 1.54) is 23.2 Å². The molecule has 1 aliphatic carbocycles. The Kier molecular flexibility index (Phi) is 5.00. The Morgan fingerprint density at radius 2 is 2.08 bits per heavy atom. The minimum absolute atomic E-state index is 0.0503. The Balaban J connectivity index is 1.66. The van der Waals surface area contributed by atoms with Crippen LogP contribution in [0.5, 0.6) is 0 Å². The average Bonchev–Trinajstić information content (AvgIpc) is 3.05. The van der Waals surface area contributed by atoms with Crippen LogP contribution in [0.4, 0.5) is 0 Å². The van der Waals surface area contributed by atoms with Crippen LogP contribution >= 0.6 is 0 Å². The van der Waals surface area contributed by atoms with E-state index in [-0.39, 0.29) is 5.91 Å². The lowest BCUT2D eigenvalue weighted by atomic mass is 9.93. The Morgan fingerprint density at radius 1 is 1.33 bits per heavy atom. The second-order valence-corrected chi connectivity index (χ2v) is 6.72. The maximum Gasteiger partial charge on any atom is 0.251 e. The third-order valence-corrected chi connectivity index (χ3v) is 4.63. The van der Waals surface area contributed by atoms with Crippen LogP contribution in [0.1, 0.15) is 66.0 Å². The largest absolute Gasteiger partial charge is 0.355 e. The molecule has 0 aliphatic heterocycles. The molecule has 0 radical (unpaired) electrons. The fourth-order valence-corrected chi connectivity index (χ4v) is 3.19. The second-order valence-electron chi connectivity index (χ2n) is 6.72. The van der Waals surface area contributed by atoms with Gasteiger partial charge in [0, 0.05) is 31.4 Å². The minimum atomic E-state index is -0.0503. The fourth-order valence-electron chi connectivity index (χ4n) is 3.19. The molecule has 0 bridgehead atoms. The van der Waals surface area contributed by atoms with Crippen LogP contribution < -0.4 is 10.6 Å². The van der Waals surface area contributed by atoms with E-state index in [2.05, 4.69) is 35.4 Å². The molecule has 2 aromatic rings. The van der Waals surface area contributed by atoms with Crippen LogP contribution in [0.3, 0.4) is 0 Å². The van der Waals surface area contributed by atoms with Crippen molar-refractivity contribution in [1.82, 2.24) is 20.4 Å². The van der Waals surface area contributed by atoms with E-state index in [9.17, 15) is 4.79 Å². The lowest BCUT2D eigenvalue weighted by Gasteiger charge is -2.22. The quantitative estimate of drug-likeness (QED) is 0.888. The first-order chi connectivity index (χ1) is 11.6. The van der Waals surface area contributed by atoms with E-state index >= 15 is 0 Å². The predicted octanol–water partition coefficient (Wildman–Crippen LogP) is 2.99. The molecule has 0 unspecified atom stereocenters. The van der Waals surface area contributed by atoms with Crippen LogP contribution in [0.15, 0.2) is 30.5 Å². The van der Waals surface area contributed by atoms with Gasteiger partial charge in [-0.3, -0.25) is 9.48 Å². The molecule has 1 heterocycles. The molecule has 5 heteroatoms. The molecule has 128 valence electrons. The van der Waals surface area contributed by atoms with E-state index in [0.29, 0.717) is 17.6 Å². The van der Waals surface area contributed by atoms with Gasteiger partial charge >= 0.3 is 0 Å². The number of benzene rings is 1. The van der Waals surface area contributed by atoms with Gasteiger partial charge in [-0.15, -0.1) is 0 Å². The van der Waals surface area contributed by atoms with Crippen LogP contribution in [0.25, 0.3) is 0 Å². The molecular formula is C19H26N4O. The van der Waals surface area contributed by atoms with Crippen molar-refractivity contribution in [2.75, 3.05) is 7.05 Å². The van der Waals surface area contributed by atoms with Gasteiger partial charge in [-0.25, -0.2) is 0 Å². The van der Waals surface area contributed by atoms with Crippen LogP contribution in [0, 0.1) is 0 Å². The highest BCUT2D eigenvalue weighted by atomic mass is 16.1. The minimum Gasteiger partial charge on any atom is -0.355 e. The summed E-state index contributed by atoms with van der Waals surface area (Å²) in [6, 6.07) is 8.47. The number of fused-ring (bicyclic) bond motifs is 1. The van der Waals surface area contributed by atoms with Gasteiger partial charge in [-0.1, -0.05) is 12.1 Å². The zero-order valence-electron chi connectivity index (χ0n) is 14.7. The number of nitrogens with zero attached hydrogens (tertiary/aromatic N) is 2. The summed E-state index contributed by atoms with van der Waals surface area (Å²) in [6.07, 6.45) is 5.65. The van der Waals surface area contributed by atoms with E-state index in [1.807, 2.05) is 24.3 Å². The lowest BCUT2D eigenvalue weighted by Crippen LogP contribution is -2.25. The van der Waals surface area contributed by atoms with Gasteiger partial charge in [0.25, 0.3) is 5.91 Å². The topological polar surface area (TPSA) is 59.0 Å². The van der Waals surface area contributed by atoms with Crippen molar-refractivity contribution in [3.8, 4) is 0 Å². The summed E-state index contributed by atoms with van der Waals surface area (Å²) in [6.45, 7) is 5.11. The number of rotatable bonds is 5. The van der Waals surface area contributed by atoms with E-state index < -0.39 is 0 Å². The number of aromatic nitrogens is 2. The summed E-state index contributed by atoms with van der Waals surface area (Å²) in [5, 5.41) is 11.1. The van der Waals surface area contributed by atoms with Crippen LogP contribution in [-0.2, 0) is 13.0 Å². The summed E-state index contributed by atoms with van der Waals surface area (Å²) in [5.41, 5.74) is 4.45. The van der Waals surface area contributed by atoms with Crippen molar-refractivity contribution < 1.29 is 4.79 Å². The van der Waals surface area contributed by atoms with Crippen molar-refractivity contribution in [3.05, 3.63) is 52.8 Å². The Hall–Kier alpha value is -2.14. The van der Waals surface area contributed by atoms with Crippen molar-refractivity contribution in [3.63, 3.8) is 0 Å². The molecule has 1 atom stereocenters. The molecular weight excluding hydrogens is 300 g/mol. The molecule has 1 aromatic carbocycles. The SMILES string of the molecule is CNC(=O)c1ccc(CN[C@@H]2CCCc3cn(C(C)C)nc32)cc1. The highest BCUT2D eigenvalue weighted by molar-refractivity contribution is 5.93. The van der Waals surface area contributed by atoms with Gasteiger partial charge in [0.05, 0.1) is 11.7 Å². The number of hydrogen-bond acceptors (Lipinski definition) is 3. The molecule has 1 aliphatic rings. The average molecular weight is 326 g/mol. The van der Waals surface area contributed by atoms with Gasteiger partial charge < -0.3 is 10.6 Å². The number of carbonyl (C=O) groups is 1. The molecule has 3 rings (SSSR count).